The van der Waals surface area contributed by atoms with Crippen molar-refractivity contribution in [3.05, 3.63) is 30.3 Å². The fourth-order valence-electron chi connectivity index (χ4n) is 1.73. The first-order chi connectivity index (χ1) is 8.66. The Labute approximate surface area is 104 Å². The highest BCUT2D eigenvalue weighted by Gasteiger charge is 2.27. The maximum Gasteiger partial charge on any atom is 0.402 e. The number of ether oxygens (including phenoxy) is 1. The van der Waals surface area contributed by atoms with E-state index in [0.717, 1.165) is 0 Å². The van der Waals surface area contributed by atoms with Crippen LogP contribution in [0.5, 0.6) is 5.75 Å². The lowest BCUT2D eigenvalue weighted by atomic mass is 10.1. The van der Waals surface area contributed by atoms with E-state index in [4.69, 9.17) is 4.74 Å². The van der Waals surface area contributed by atoms with E-state index in [9.17, 15) is 14.4 Å². The Hall–Kier alpha value is -2.17. The molecule has 1 aromatic rings. The van der Waals surface area contributed by atoms with Gasteiger partial charge in [-0.25, -0.2) is 4.79 Å². The molecule has 5 nitrogen and oxygen atoms in total. The van der Waals surface area contributed by atoms with E-state index in [1.54, 1.807) is 30.3 Å². The second kappa shape index (κ2) is 5.44. The molecule has 0 spiro atoms. The molecule has 18 heavy (non-hydrogen) atoms. The molecule has 94 valence electrons. The van der Waals surface area contributed by atoms with Crippen molar-refractivity contribution in [2.24, 2.45) is 0 Å². The van der Waals surface area contributed by atoms with Crippen molar-refractivity contribution < 1.29 is 19.1 Å². The number of piperidine rings is 1. The molecule has 2 rings (SSSR count). The molecule has 0 aromatic heterocycles. The molecule has 0 atom stereocenters. The summed E-state index contributed by atoms with van der Waals surface area (Å²) in [6.45, 7) is 0.586. The van der Waals surface area contributed by atoms with Gasteiger partial charge in [0.25, 0.3) is 0 Å². The van der Waals surface area contributed by atoms with Crippen LogP contribution in [0, 0.1) is 0 Å². The van der Waals surface area contributed by atoms with Crippen molar-refractivity contribution in [2.75, 3.05) is 13.1 Å². The number of hydrogen-bond donors (Lipinski definition) is 0. The summed E-state index contributed by atoms with van der Waals surface area (Å²) in [5.41, 5.74) is 0. The summed E-state index contributed by atoms with van der Waals surface area (Å²) in [7, 11) is 0. The summed E-state index contributed by atoms with van der Waals surface area (Å²) < 4.78 is 4.94. The molecule has 1 aliphatic heterocycles. The summed E-state index contributed by atoms with van der Waals surface area (Å²) in [5, 5.41) is 0. The van der Waals surface area contributed by atoms with Crippen LogP contribution in [-0.2, 0) is 14.4 Å². The molecular weight excluding hydrogens is 234 g/mol. The first-order valence-corrected chi connectivity index (χ1v) is 5.74. The number of hydrogen-bond acceptors (Lipinski definition) is 4. The van der Waals surface area contributed by atoms with E-state index < -0.39 is 11.9 Å². The molecule has 0 aliphatic carbocycles. The van der Waals surface area contributed by atoms with Gasteiger partial charge in [-0.1, -0.05) is 18.2 Å². The van der Waals surface area contributed by atoms with Gasteiger partial charge < -0.3 is 9.64 Å². The number of Topliss-reactive ketones (excluding diaryl/α,β-unsaturated/α-hetero) is 1. The number of carbonyl (C=O) groups is 3. The Bertz CT molecular complexity index is 459. The summed E-state index contributed by atoms with van der Waals surface area (Å²) in [5.74, 6) is -1.14. The third-order valence-corrected chi connectivity index (χ3v) is 2.74. The SMILES string of the molecule is O=C1CCN(C(=O)C(=O)Oc2ccccc2)CC1. The predicted molar refractivity (Wildman–Crippen MR) is 62.9 cm³/mol. The predicted octanol–water partition coefficient (Wildman–Crippen LogP) is 0.783. The first kappa shape index (κ1) is 12.3. The van der Waals surface area contributed by atoms with E-state index in [1.807, 2.05) is 0 Å². The van der Waals surface area contributed by atoms with Crippen LogP contribution in [0.15, 0.2) is 30.3 Å². The number of esters is 1. The van der Waals surface area contributed by atoms with E-state index >= 15 is 0 Å². The van der Waals surface area contributed by atoms with Gasteiger partial charge in [0.1, 0.15) is 11.5 Å². The lowest BCUT2D eigenvalue weighted by Gasteiger charge is -2.24. The average molecular weight is 247 g/mol. The quantitative estimate of drug-likeness (QED) is 0.418. The molecule has 1 fully saturated rings. The topological polar surface area (TPSA) is 63.7 Å². The van der Waals surface area contributed by atoms with Gasteiger partial charge in [-0.3, -0.25) is 9.59 Å². The van der Waals surface area contributed by atoms with Gasteiger partial charge in [-0.05, 0) is 12.1 Å². The minimum Gasteiger partial charge on any atom is -0.419 e. The van der Waals surface area contributed by atoms with E-state index in [0.29, 0.717) is 31.7 Å². The summed E-state index contributed by atoms with van der Waals surface area (Å²) in [6.07, 6.45) is 0.620. The molecule has 1 amide bonds. The third-order valence-electron chi connectivity index (χ3n) is 2.74. The number of amides is 1. The second-order valence-corrected chi connectivity index (χ2v) is 4.03. The fraction of sp³-hybridized carbons (Fsp3) is 0.308. The lowest BCUT2D eigenvalue weighted by Crippen LogP contribution is -2.43. The monoisotopic (exact) mass is 247 g/mol. The van der Waals surface area contributed by atoms with Crippen molar-refractivity contribution >= 4 is 17.7 Å². The van der Waals surface area contributed by atoms with Gasteiger partial charge in [0, 0.05) is 25.9 Å². The first-order valence-electron chi connectivity index (χ1n) is 5.74. The molecule has 5 heteroatoms. The molecule has 0 saturated carbocycles. The molecule has 1 saturated heterocycles. The van der Waals surface area contributed by atoms with Crippen molar-refractivity contribution in [3.63, 3.8) is 0 Å². The van der Waals surface area contributed by atoms with Crippen LogP contribution >= 0.6 is 0 Å². The summed E-state index contributed by atoms with van der Waals surface area (Å²) in [6, 6.07) is 8.42. The second-order valence-electron chi connectivity index (χ2n) is 4.03. The summed E-state index contributed by atoms with van der Waals surface area (Å²) in [4.78, 5) is 35.7. The maximum atomic E-state index is 11.7. The van der Waals surface area contributed by atoms with Crippen molar-refractivity contribution in [1.82, 2.24) is 4.90 Å². The van der Waals surface area contributed by atoms with E-state index in [-0.39, 0.29) is 5.78 Å². The molecule has 0 bridgehead atoms. The Morgan fingerprint density at radius 2 is 1.67 bits per heavy atom. The van der Waals surface area contributed by atoms with Gasteiger partial charge in [-0.15, -0.1) is 0 Å². The van der Waals surface area contributed by atoms with Crippen LogP contribution in [0.1, 0.15) is 12.8 Å². The highest BCUT2D eigenvalue weighted by atomic mass is 16.5. The van der Waals surface area contributed by atoms with Crippen molar-refractivity contribution in [1.29, 1.82) is 0 Å². The minimum absolute atomic E-state index is 0.121. The molecule has 0 N–H and O–H groups in total. The highest BCUT2D eigenvalue weighted by molar-refractivity contribution is 6.33. The molecule has 0 radical (unpaired) electrons. The average Bonchev–Trinajstić information content (AvgIpc) is 2.40. The number of para-hydroxylation sites is 1. The van der Waals surface area contributed by atoms with Crippen LogP contribution in [0.4, 0.5) is 0 Å². The van der Waals surface area contributed by atoms with Gasteiger partial charge in [-0.2, -0.15) is 0 Å². The molecule has 0 unspecified atom stereocenters. The van der Waals surface area contributed by atoms with Gasteiger partial charge in [0.2, 0.25) is 0 Å². The van der Waals surface area contributed by atoms with Gasteiger partial charge in [0.15, 0.2) is 0 Å². The number of benzene rings is 1. The zero-order valence-corrected chi connectivity index (χ0v) is 9.80. The van der Waals surface area contributed by atoms with E-state index in [2.05, 4.69) is 0 Å². The fourth-order valence-corrected chi connectivity index (χ4v) is 1.73. The number of rotatable bonds is 1. The van der Waals surface area contributed by atoms with Crippen LogP contribution in [-0.4, -0.2) is 35.6 Å². The zero-order chi connectivity index (χ0) is 13.0. The van der Waals surface area contributed by atoms with E-state index in [1.165, 1.54) is 4.90 Å². The zero-order valence-electron chi connectivity index (χ0n) is 9.80. The Balaban J connectivity index is 1.93. The van der Waals surface area contributed by atoms with Crippen LogP contribution in [0.3, 0.4) is 0 Å². The molecule has 1 aliphatic rings. The Morgan fingerprint density at radius 3 is 2.28 bits per heavy atom. The molecular formula is C13H13NO4. The Kier molecular flexibility index (Phi) is 3.72. The van der Waals surface area contributed by atoms with Crippen LogP contribution in [0.25, 0.3) is 0 Å². The third kappa shape index (κ3) is 2.94. The lowest BCUT2D eigenvalue weighted by molar-refractivity contribution is -0.155. The maximum absolute atomic E-state index is 11.7. The number of nitrogens with zero attached hydrogens (tertiary/aromatic N) is 1. The number of likely N-dealkylation sites (tertiary alicyclic amines) is 1. The van der Waals surface area contributed by atoms with Gasteiger partial charge in [0.05, 0.1) is 0 Å². The highest BCUT2D eigenvalue weighted by Crippen LogP contribution is 2.11. The number of carbonyl (C=O) groups excluding carboxylic acids is 3. The normalized spacial score (nSPS) is 15.3. The molecule has 1 heterocycles. The summed E-state index contributed by atoms with van der Waals surface area (Å²) >= 11 is 0. The largest absolute Gasteiger partial charge is 0.419 e. The number of ketones is 1. The molecule has 1 aromatic carbocycles. The van der Waals surface area contributed by atoms with Crippen molar-refractivity contribution in [3.8, 4) is 5.75 Å². The Morgan fingerprint density at radius 1 is 1.06 bits per heavy atom. The smallest absolute Gasteiger partial charge is 0.402 e. The minimum atomic E-state index is -0.907. The van der Waals surface area contributed by atoms with Crippen molar-refractivity contribution in [2.45, 2.75) is 12.8 Å². The van der Waals surface area contributed by atoms with Gasteiger partial charge >= 0.3 is 11.9 Å². The van der Waals surface area contributed by atoms with Crippen LogP contribution in [0.2, 0.25) is 0 Å². The van der Waals surface area contributed by atoms with Crippen LogP contribution < -0.4 is 4.74 Å². The standard InChI is InChI=1S/C13H13NO4/c15-10-6-8-14(9-7-10)12(16)13(17)18-11-4-2-1-3-5-11/h1-5H,6-9H2.